The van der Waals surface area contributed by atoms with Crippen LogP contribution in [0.5, 0.6) is 0 Å². The molecule has 0 spiro atoms. The molecule has 0 bridgehead atoms. The van der Waals surface area contributed by atoms with E-state index in [1.54, 1.807) is 0 Å². The Morgan fingerprint density at radius 2 is 2.17 bits per heavy atom. The zero-order valence-electron chi connectivity index (χ0n) is 9.63. The van der Waals surface area contributed by atoms with Crippen LogP contribution in [0.3, 0.4) is 0 Å². The molecule has 0 amide bonds. The van der Waals surface area contributed by atoms with Crippen LogP contribution in [0.2, 0.25) is 0 Å². The average Bonchev–Trinajstić information content (AvgIpc) is 2.37. The summed E-state index contributed by atoms with van der Waals surface area (Å²) in [5, 5.41) is 3.29. The topological polar surface area (TPSA) is 34.1 Å². The van der Waals surface area contributed by atoms with Crippen LogP contribution in [0.1, 0.15) is 35.8 Å². The Kier molecular flexibility index (Phi) is 2.79. The third kappa shape index (κ3) is 1.99. The number of ether oxygens (including phenoxy) is 1. The lowest BCUT2D eigenvalue weighted by molar-refractivity contribution is -0.141. The summed E-state index contributed by atoms with van der Waals surface area (Å²) in [4.78, 5) is 3.69. The monoisotopic (exact) mass is 258 g/mol. The molecule has 98 valence electrons. The largest absolute Gasteiger partial charge is 0.433 e. The number of hydrogen-bond donors (Lipinski definition) is 1. The molecule has 2 aliphatic heterocycles. The van der Waals surface area contributed by atoms with Gasteiger partial charge in [0.1, 0.15) is 5.69 Å². The minimum Gasteiger partial charge on any atom is -0.370 e. The highest BCUT2D eigenvalue weighted by Crippen LogP contribution is 2.35. The van der Waals surface area contributed by atoms with Gasteiger partial charge in [-0.25, -0.2) is 4.98 Å². The van der Waals surface area contributed by atoms with E-state index in [0.29, 0.717) is 5.69 Å². The zero-order valence-corrected chi connectivity index (χ0v) is 9.63. The van der Waals surface area contributed by atoms with E-state index in [1.807, 2.05) is 0 Å². The van der Waals surface area contributed by atoms with Crippen LogP contribution in [0.25, 0.3) is 0 Å². The van der Waals surface area contributed by atoms with Crippen molar-refractivity contribution in [2.45, 2.75) is 37.8 Å². The second-order valence-corrected chi connectivity index (χ2v) is 4.65. The third-order valence-electron chi connectivity index (χ3n) is 3.47. The molecule has 3 nitrogen and oxygen atoms in total. The number of alkyl halides is 3. The summed E-state index contributed by atoms with van der Waals surface area (Å²) in [6, 6.07) is 2.57. The van der Waals surface area contributed by atoms with Crippen LogP contribution in [0.15, 0.2) is 12.1 Å². The molecule has 2 aliphatic rings. The molecular weight excluding hydrogens is 245 g/mol. The van der Waals surface area contributed by atoms with Gasteiger partial charge in [-0.3, -0.25) is 0 Å². The van der Waals surface area contributed by atoms with Gasteiger partial charge in [0.25, 0.3) is 0 Å². The summed E-state index contributed by atoms with van der Waals surface area (Å²) in [6.07, 6.45) is -2.36. The van der Waals surface area contributed by atoms with Crippen molar-refractivity contribution < 1.29 is 17.9 Å². The second-order valence-electron chi connectivity index (χ2n) is 4.65. The average molecular weight is 258 g/mol. The second kappa shape index (κ2) is 4.20. The van der Waals surface area contributed by atoms with Crippen molar-refractivity contribution in [1.82, 2.24) is 10.3 Å². The number of fused-ring (bicyclic) bond motifs is 3. The lowest BCUT2D eigenvalue weighted by atomic mass is 9.91. The van der Waals surface area contributed by atoms with E-state index in [2.05, 4.69) is 10.3 Å². The summed E-state index contributed by atoms with van der Waals surface area (Å²) in [7, 11) is 0. The highest BCUT2D eigenvalue weighted by Gasteiger charge is 2.37. The number of rotatable bonds is 0. The fraction of sp³-hybridized carbons (Fsp3) is 0.583. The molecule has 0 aromatic carbocycles. The van der Waals surface area contributed by atoms with Crippen molar-refractivity contribution >= 4 is 0 Å². The van der Waals surface area contributed by atoms with Gasteiger partial charge >= 0.3 is 6.18 Å². The predicted octanol–water partition coefficient (Wildman–Crippen LogP) is 2.42. The molecule has 1 saturated heterocycles. The molecule has 1 fully saturated rings. The van der Waals surface area contributed by atoms with Gasteiger partial charge in [-0.1, -0.05) is 6.07 Å². The van der Waals surface area contributed by atoms with E-state index in [-0.39, 0.29) is 18.8 Å². The van der Waals surface area contributed by atoms with Crippen LogP contribution in [-0.4, -0.2) is 17.6 Å². The zero-order chi connectivity index (χ0) is 12.8. The van der Waals surface area contributed by atoms with Crippen molar-refractivity contribution in [2.75, 3.05) is 6.54 Å². The molecular formula is C12H13F3N2O. The summed E-state index contributed by atoms with van der Waals surface area (Å²) < 4.78 is 43.3. The first-order valence-electron chi connectivity index (χ1n) is 5.98. The third-order valence-corrected chi connectivity index (χ3v) is 3.47. The fourth-order valence-electron chi connectivity index (χ4n) is 2.60. The van der Waals surface area contributed by atoms with Crippen molar-refractivity contribution in [2.24, 2.45) is 0 Å². The van der Waals surface area contributed by atoms with Crippen LogP contribution >= 0.6 is 0 Å². The summed E-state index contributed by atoms with van der Waals surface area (Å²) in [5.74, 6) is 0. The van der Waals surface area contributed by atoms with Gasteiger partial charge < -0.3 is 10.1 Å². The number of pyridine rings is 1. The maximum absolute atomic E-state index is 12.6. The molecule has 1 aromatic heterocycles. The van der Waals surface area contributed by atoms with E-state index in [0.717, 1.165) is 31.0 Å². The maximum Gasteiger partial charge on any atom is 0.433 e. The Morgan fingerprint density at radius 1 is 1.33 bits per heavy atom. The number of piperidine rings is 1. The number of aromatic nitrogens is 1. The Labute approximate surface area is 102 Å². The highest BCUT2D eigenvalue weighted by atomic mass is 19.4. The van der Waals surface area contributed by atoms with E-state index in [9.17, 15) is 13.2 Å². The molecule has 0 aliphatic carbocycles. The van der Waals surface area contributed by atoms with Crippen LogP contribution in [-0.2, 0) is 17.5 Å². The molecule has 0 saturated carbocycles. The van der Waals surface area contributed by atoms with Crippen molar-refractivity contribution in [1.29, 1.82) is 0 Å². The van der Waals surface area contributed by atoms with Gasteiger partial charge in [0, 0.05) is 0 Å². The lowest BCUT2D eigenvalue weighted by Gasteiger charge is -2.37. The minimum absolute atomic E-state index is 0.0164. The lowest BCUT2D eigenvalue weighted by Crippen LogP contribution is -2.42. The molecule has 6 heteroatoms. The minimum atomic E-state index is -4.40. The first-order valence-corrected chi connectivity index (χ1v) is 5.98. The normalized spacial score (nSPS) is 27.5. The number of hydrogen-bond acceptors (Lipinski definition) is 3. The molecule has 1 N–H and O–H groups in total. The van der Waals surface area contributed by atoms with Crippen molar-refractivity contribution in [3.63, 3.8) is 0 Å². The Morgan fingerprint density at radius 3 is 2.94 bits per heavy atom. The van der Waals surface area contributed by atoms with Gasteiger partial charge in [-0.15, -0.1) is 0 Å². The maximum atomic E-state index is 12.6. The predicted molar refractivity (Wildman–Crippen MR) is 57.8 cm³/mol. The molecule has 1 aromatic rings. The smallest absolute Gasteiger partial charge is 0.370 e. The quantitative estimate of drug-likeness (QED) is 0.776. The van der Waals surface area contributed by atoms with Gasteiger partial charge in [0.05, 0.1) is 24.4 Å². The molecule has 3 heterocycles. The molecule has 0 radical (unpaired) electrons. The van der Waals surface area contributed by atoms with Gasteiger partial charge in [-0.2, -0.15) is 13.2 Å². The first-order chi connectivity index (χ1) is 8.55. The SMILES string of the molecule is FC(F)(F)c1ccc2c(n1)COC1CCCNC21. The first kappa shape index (κ1) is 11.9. The van der Waals surface area contributed by atoms with E-state index >= 15 is 0 Å². The van der Waals surface area contributed by atoms with Crippen LogP contribution in [0.4, 0.5) is 13.2 Å². The number of halogens is 3. The van der Waals surface area contributed by atoms with Gasteiger partial charge in [-0.05, 0) is 31.0 Å². The molecule has 18 heavy (non-hydrogen) atoms. The van der Waals surface area contributed by atoms with Crippen molar-refractivity contribution in [3.8, 4) is 0 Å². The Hall–Kier alpha value is -1.14. The van der Waals surface area contributed by atoms with Gasteiger partial charge in [0.15, 0.2) is 0 Å². The Balaban J connectivity index is 1.96. The van der Waals surface area contributed by atoms with Crippen LogP contribution in [0, 0.1) is 0 Å². The fourth-order valence-corrected chi connectivity index (χ4v) is 2.60. The van der Waals surface area contributed by atoms with E-state index < -0.39 is 11.9 Å². The molecule has 2 unspecified atom stereocenters. The summed E-state index contributed by atoms with van der Waals surface area (Å²) in [6.45, 7) is 1.03. The summed E-state index contributed by atoms with van der Waals surface area (Å²) >= 11 is 0. The Bertz CT molecular complexity index is 461. The standard InChI is InChI=1S/C12H13F3N2O/c13-12(14,15)10-4-3-7-8(17-10)6-18-9-2-1-5-16-11(7)9/h3-4,9,11,16H,1-2,5-6H2. The highest BCUT2D eigenvalue weighted by molar-refractivity contribution is 5.30. The van der Waals surface area contributed by atoms with E-state index in [1.165, 1.54) is 6.07 Å². The van der Waals surface area contributed by atoms with Gasteiger partial charge in [0.2, 0.25) is 0 Å². The van der Waals surface area contributed by atoms with Crippen LogP contribution < -0.4 is 5.32 Å². The van der Waals surface area contributed by atoms with Crippen molar-refractivity contribution in [3.05, 3.63) is 29.1 Å². The summed E-state index contributed by atoms with van der Waals surface area (Å²) in [5.41, 5.74) is 0.401. The molecule has 2 atom stereocenters. The molecule has 3 rings (SSSR count). The van der Waals surface area contributed by atoms with E-state index in [4.69, 9.17) is 4.74 Å². The number of nitrogens with one attached hydrogen (secondary N) is 1. The number of nitrogens with zero attached hydrogens (tertiary/aromatic N) is 1.